The number of nitro benzene ring substituents is 1. The van der Waals surface area contributed by atoms with Crippen molar-refractivity contribution in [3.05, 3.63) is 89.0 Å². The highest BCUT2D eigenvalue weighted by atomic mass is 16.6. The molecule has 3 aromatic carbocycles. The molecule has 9 nitrogen and oxygen atoms in total. The summed E-state index contributed by atoms with van der Waals surface area (Å²) in [4.78, 5) is 37.3. The van der Waals surface area contributed by atoms with Crippen molar-refractivity contribution in [1.29, 1.82) is 0 Å². The highest BCUT2D eigenvalue weighted by molar-refractivity contribution is 6.01. The number of nitrogens with one attached hydrogen (secondary N) is 2. The predicted octanol–water partition coefficient (Wildman–Crippen LogP) is 6.51. The molecule has 0 saturated carbocycles. The molecular weight excluding hydrogens is 472 g/mol. The minimum Gasteiger partial charge on any atom is -0.457 e. The van der Waals surface area contributed by atoms with Crippen LogP contribution in [0.3, 0.4) is 0 Å². The van der Waals surface area contributed by atoms with E-state index >= 15 is 0 Å². The summed E-state index contributed by atoms with van der Waals surface area (Å²) in [7, 11) is 0. The van der Waals surface area contributed by atoms with Gasteiger partial charge in [0.2, 0.25) is 5.91 Å². The van der Waals surface area contributed by atoms with E-state index in [0.29, 0.717) is 29.3 Å². The van der Waals surface area contributed by atoms with Crippen LogP contribution in [0, 0.1) is 10.1 Å². The number of ether oxygens (including phenoxy) is 1. The molecule has 0 unspecified atom stereocenters. The Morgan fingerprint density at radius 1 is 0.892 bits per heavy atom. The summed E-state index contributed by atoms with van der Waals surface area (Å²) in [6.07, 6.45) is 4.53. The standard InChI is InChI=1S/C28H32N4O5/c1-2-3-4-8-11-27(33)29-20-21-31(28(34)30-22-12-14-24(15-13-22)32(35)36)23-16-18-26(19-17-23)37-25-9-6-5-7-10-25/h5-7,9-10,12-19H,2-4,8,11,20-21H2,1H3,(H,29,33)(H,30,34). The molecule has 0 atom stereocenters. The van der Waals surface area contributed by atoms with Gasteiger partial charge in [-0.15, -0.1) is 0 Å². The zero-order valence-corrected chi connectivity index (χ0v) is 20.9. The molecule has 37 heavy (non-hydrogen) atoms. The van der Waals surface area contributed by atoms with E-state index in [9.17, 15) is 19.7 Å². The van der Waals surface area contributed by atoms with Crippen LogP contribution in [0.2, 0.25) is 0 Å². The van der Waals surface area contributed by atoms with E-state index < -0.39 is 11.0 Å². The van der Waals surface area contributed by atoms with Crippen LogP contribution in [-0.4, -0.2) is 30.0 Å². The van der Waals surface area contributed by atoms with Crippen molar-refractivity contribution in [3.63, 3.8) is 0 Å². The Morgan fingerprint density at radius 2 is 1.57 bits per heavy atom. The van der Waals surface area contributed by atoms with Crippen LogP contribution >= 0.6 is 0 Å². The largest absolute Gasteiger partial charge is 0.457 e. The van der Waals surface area contributed by atoms with Crippen molar-refractivity contribution in [2.24, 2.45) is 0 Å². The first-order valence-corrected chi connectivity index (χ1v) is 12.4. The molecule has 0 spiro atoms. The summed E-state index contributed by atoms with van der Waals surface area (Å²) in [6, 6.07) is 21.6. The molecule has 3 aromatic rings. The van der Waals surface area contributed by atoms with Crippen LogP contribution < -0.4 is 20.3 Å². The van der Waals surface area contributed by atoms with Crippen molar-refractivity contribution in [2.45, 2.75) is 39.0 Å². The number of rotatable bonds is 13. The van der Waals surface area contributed by atoms with E-state index in [1.54, 1.807) is 24.3 Å². The van der Waals surface area contributed by atoms with Gasteiger partial charge in [-0.1, -0.05) is 44.4 Å². The third kappa shape index (κ3) is 8.96. The summed E-state index contributed by atoms with van der Waals surface area (Å²) in [5.41, 5.74) is 0.965. The number of non-ortho nitro benzene ring substituents is 1. The number of nitro groups is 1. The lowest BCUT2D eigenvalue weighted by Gasteiger charge is -2.24. The summed E-state index contributed by atoms with van der Waals surface area (Å²) in [5, 5.41) is 16.6. The third-order valence-electron chi connectivity index (χ3n) is 5.62. The van der Waals surface area contributed by atoms with Gasteiger partial charge in [-0.25, -0.2) is 4.79 Å². The van der Waals surface area contributed by atoms with E-state index in [1.165, 1.54) is 29.2 Å². The number of unbranched alkanes of at least 4 members (excludes halogenated alkanes) is 3. The first-order chi connectivity index (χ1) is 18.0. The van der Waals surface area contributed by atoms with Crippen molar-refractivity contribution < 1.29 is 19.2 Å². The van der Waals surface area contributed by atoms with Gasteiger partial charge in [0.1, 0.15) is 11.5 Å². The Bertz CT molecular complexity index is 1150. The van der Waals surface area contributed by atoms with Gasteiger partial charge in [0.15, 0.2) is 0 Å². The molecule has 0 aliphatic rings. The molecule has 0 fully saturated rings. The van der Waals surface area contributed by atoms with E-state index in [0.717, 1.165) is 25.7 Å². The second-order valence-electron chi connectivity index (χ2n) is 8.46. The average Bonchev–Trinajstić information content (AvgIpc) is 2.90. The van der Waals surface area contributed by atoms with Gasteiger partial charge in [-0.3, -0.25) is 19.8 Å². The maximum atomic E-state index is 13.2. The molecule has 3 amide bonds. The van der Waals surface area contributed by atoms with Crippen molar-refractivity contribution in [3.8, 4) is 11.5 Å². The van der Waals surface area contributed by atoms with Gasteiger partial charge in [0.05, 0.1) is 4.92 Å². The number of carbonyl (C=O) groups is 2. The number of benzene rings is 3. The molecule has 0 bridgehead atoms. The summed E-state index contributed by atoms with van der Waals surface area (Å²) < 4.78 is 5.84. The van der Waals surface area contributed by atoms with Crippen LogP contribution in [0.5, 0.6) is 11.5 Å². The molecule has 0 heterocycles. The number of hydrogen-bond acceptors (Lipinski definition) is 5. The number of urea groups is 1. The minimum atomic E-state index is -0.498. The van der Waals surface area contributed by atoms with Crippen molar-refractivity contribution in [2.75, 3.05) is 23.3 Å². The third-order valence-corrected chi connectivity index (χ3v) is 5.62. The molecule has 2 N–H and O–H groups in total. The fourth-order valence-electron chi connectivity index (χ4n) is 3.63. The van der Waals surface area contributed by atoms with Gasteiger partial charge in [-0.05, 0) is 55.0 Å². The SMILES string of the molecule is CCCCCCC(=O)NCCN(C(=O)Nc1ccc([N+](=O)[O-])cc1)c1ccc(Oc2ccccc2)cc1. The molecule has 194 valence electrons. The predicted molar refractivity (Wildman–Crippen MR) is 144 cm³/mol. The zero-order valence-electron chi connectivity index (χ0n) is 20.9. The van der Waals surface area contributed by atoms with Crippen molar-refractivity contribution >= 4 is 29.0 Å². The number of amides is 3. The Balaban J connectivity index is 1.67. The smallest absolute Gasteiger partial charge is 0.326 e. The maximum absolute atomic E-state index is 13.2. The maximum Gasteiger partial charge on any atom is 0.326 e. The summed E-state index contributed by atoms with van der Waals surface area (Å²) in [5.74, 6) is 1.27. The first-order valence-electron chi connectivity index (χ1n) is 12.4. The van der Waals surface area contributed by atoms with Gasteiger partial charge >= 0.3 is 6.03 Å². The van der Waals surface area contributed by atoms with Gasteiger partial charge in [0, 0.05) is 43.0 Å². The number of para-hydroxylation sites is 1. The lowest BCUT2D eigenvalue weighted by molar-refractivity contribution is -0.384. The topological polar surface area (TPSA) is 114 Å². The molecule has 3 rings (SSSR count). The lowest BCUT2D eigenvalue weighted by Crippen LogP contribution is -2.41. The molecule has 9 heteroatoms. The highest BCUT2D eigenvalue weighted by Gasteiger charge is 2.17. The molecule has 0 aromatic heterocycles. The lowest BCUT2D eigenvalue weighted by atomic mass is 10.1. The molecule has 0 radical (unpaired) electrons. The number of nitrogens with zero attached hydrogens (tertiary/aromatic N) is 2. The van der Waals surface area contributed by atoms with E-state index in [4.69, 9.17) is 4.74 Å². The average molecular weight is 505 g/mol. The Labute approximate surface area is 216 Å². The zero-order chi connectivity index (χ0) is 26.5. The summed E-state index contributed by atoms with van der Waals surface area (Å²) >= 11 is 0. The van der Waals surface area contributed by atoms with Gasteiger partial charge in [0.25, 0.3) is 5.69 Å². The summed E-state index contributed by atoms with van der Waals surface area (Å²) in [6.45, 7) is 2.64. The fourth-order valence-corrected chi connectivity index (χ4v) is 3.63. The Morgan fingerprint density at radius 3 is 2.22 bits per heavy atom. The van der Waals surface area contributed by atoms with Crippen LogP contribution in [0.1, 0.15) is 39.0 Å². The first kappa shape index (κ1) is 27.2. The molecular formula is C28H32N4O5. The Hall–Kier alpha value is -4.40. The monoisotopic (exact) mass is 504 g/mol. The van der Waals surface area contributed by atoms with Gasteiger partial charge in [-0.2, -0.15) is 0 Å². The fraction of sp³-hybridized carbons (Fsp3) is 0.286. The van der Waals surface area contributed by atoms with Crippen LogP contribution in [0.4, 0.5) is 21.9 Å². The number of hydrogen-bond donors (Lipinski definition) is 2. The van der Waals surface area contributed by atoms with E-state index in [-0.39, 0.29) is 24.7 Å². The minimum absolute atomic E-state index is 0.0431. The molecule has 0 saturated heterocycles. The van der Waals surface area contributed by atoms with E-state index in [1.807, 2.05) is 30.3 Å². The molecule has 0 aliphatic heterocycles. The second-order valence-corrected chi connectivity index (χ2v) is 8.46. The molecule has 0 aliphatic carbocycles. The highest BCUT2D eigenvalue weighted by Crippen LogP contribution is 2.25. The second kappa shape index (κ2) is 14.2. The normalized spacial score (nSPS) is 10.4. The number of carbonyl (C=O) groups excluding carboxylic acids is 2. The van der Waals surface area contributed by atoms with Gasteiger partial charge < -0.3 is 15.4 Å². The number of anilines is 2. The Kier molecular flexibility index (Phi) is 10.5. The quantitative estimate of drug-likeness (QED) is 0.156. The van der Waals surface area contributed by atoms with Crippen LogP contribution in [0.25, 0.3) is 0 Å². The van der Waals surface area contributed by atoms with Crippen LogP contribution in [-0.2, 0) is 4.79 Å². The van der Waals surface area contributed by atoms with E-state index in [2.05, 4.69) is 17.6 Å². The van der Waals surface area contributed by atoms with Crippen LogP contribution in [0.15, 0.2) is 78.9 Å². The van der Waals surface area contributed by atoms with Crippen molar-refractivity contribution in [1.82, 2.24) is 5.32 Å².